The van der Waals surface area contributed by atoms with Crippen molar-refractivity contribution >= 4 is 22.8 Å². The van der Waals surface area contributed by atoms with Gasteiger partial charge in [0.2, 0.25) is 0 Å². The summed E-state index contributed by atoms with van der Waals surface area (Å²) in [6.07, 6.45) is 6.58. The Morgan fingerprint density at radius 2 is 1.96 bits per heavy atom. The fraction of sp³-hybridized carbons (Fsp3) is 0.421. The normalized spacial score (nSPS) is 16.1. The van der Waals surface area contributed by atoms with Gasteiger partial charge in [-0.15, -0.1) is 11.3 Å². The molecule has 120 valence electrons. The summed E-state index contributed by atoms with van der Waals surface area (Å²) >= 11 is 1.78. The van der Waals surface area contributed by atoms with Gasteiger partial charge in [-0.05, 0) is 55.8 Å². The molecule has 3 aromatic heterocycles. The van der Waals surface area contributed by atoms with Crippen LogP contribution in [0.4, 0.5) is 5.82 Å². The second-order valence-corrected chi connectivity index (χ2v) is 7.50. The van der Waals surface area contributed by atoms with E-state index < -0.39 is 0 Å². The van der Waals surface area contributed by atoms with Crippen LogP contribution in [-0.2, 0) is 0 Å². The molecule has 0 spiro atoms. The molecule has 3 aromatic rings. The molecule has 4 rings (SSSR count). The smallest absolute Gasteiger partial charge is 0.140 e. The Kier molecular flexibility index (Phi) is 3.85. The third-order valence-electron chi connectivity index (χ3n) is 4.86. The summed E-state index contributed by atoms with van der Waals surface area (Å²) in [7, 11) is 0. The lowest BCUT2D eigenvalue weighted by molar-refractivity contribution is 0.461. The summed E-state index contributed by atoms with van der Waals surface area (Å²) in [6.45, 7) is 4.33. The molecule has 0 aromatic carbocycles. The number of aryl methyl sites for hydroxylation is 2. The predicted octanol–water partition coefficient (Wildman–Crippen LogP) is 5.42. The van der Waals surface area contributed by atoms with Gasteiger partial charge in [0.25, 0.3) is 0 Å². The van der Waals surface area contributed by atoms with Crippen molar-refractivity contribution in [3.8, 4) is 10.6 Å². The topological polar surface area (TPSA) is 29.3 Å². The van der Waals surface area contributed by atoms with Crippen molar-refractivity contribution in [2.75, 3.05) is 5.32 Å². The van der Waals surface area contributed by atoms with Gasteiger partial charge >= 0.3 is 0 Å². The average Bonchev–Trinajstić information content (AvgIpc) is 3.13. The van der Waals surface area contributed by atoms with Gasteiger partial charge in [0, 0.05) is 11.7 Å². The van der Waals surface area contributed by atoms with Crippen LogP contribution in [0.15, 0.2) is 29.6 Å². The third-order valence-corrected chi connectivity index (χ3v) is 5.89. The van der Waals surface area contributed by atoms with E-state index in [1.807, 2.05) is 0 Å². The summed E-state index contributed by atoms with van der Waals surface area (Å²) in [5, 5.41) is 5.99. The number of aromatic nitrogens is 2. The highest BCUT2D eigenvalue weighted by molar-refractivity contribution is 7.13. The van der Waals surface area contributed by atoms with Gasteiger partial charge in [-0.3, -0.25) is 4.40 Å². The molecule has 3 heterocycles. The number of fused-ring (bicyclic) bond motifs is 1. The van der Waals surface area contributed by atoms with Crippen LogP contribution in [0.1, 0.15) is 43.4 Å². The number of thiophene rings is 1. The molecule has 0 aliphatic heterocycles. The van der Waals surface area contributed by atoms with E-state index in [4.69, 9.17) is 4.98 Å². The maximum Gasteiger partial charge on any atom is 0.140 e. The monoisotopic (exact) mass is 325 g/mol. The van der Waals surface area contributed by atoms with Gasteiger partial charge in [-0.2, -0.15) is 0 Å². The Morgan fingerprint density at radius 3 is 2.70 bits per heavy atom. The molecule has 3 nitrogen and oxygen atoms in total. The van der Waals surface area contributed by atoms with Crippen molar-refractivity contribution in [3.05, 3.63) is 40.9 Å². The molecule has 0 radical (unpaired) electrons. The first-order valence-electron chi connectivity index (χ1n) is 8.53. The number of nitrogens with zero attached hydrogens (tertiary/aromatic N) is 2. The number of hydrogen-bond acceptors (Lipinski definition) is 3. The average molecular weight is 325 g/mol. The number of pyridine rings is 1. The third kappa shape index (κ3) is 2.65. The van der Waals surface area contributed by atoms with Gasteiger partial charge in [0.05, 0.1) is 4.88 Å². The van der Waals surface area contributed by atoms with E-state index in [0.29, 0.717) is 6.04 Å². The SMILES string of the molecule is Cc1ccsc1-c1nc2cccc(C)n2c1NC1CCCCC1. The van der Waals surface area contributed by atoms with E-state index in [0.717, 1.165) is 11.3 Å². The largest absolute Gasteiger partial charge is 0.367 e. The summed E-state index contributed by atoms with van der Waals surface area (Å²) in [5.74, 6) is 1.18. The fourth-order valence-corrected chi connectivity index (χ4v) is 4.52. The van der Waals surface area contributed by atoms with Crippen molar-refractivity contribution in [2.24, 2.45) is 0 Å². The molecule has 0 amide bonds. The van der Waals surface area contributed by atoms with Gasteiger partial charge < -0.3 is 5.32 Å². The van der Waals surface area contributed by atoms with Crippen LogP contribution in [0, 0.1) is 13.8 Å². The number of rotatable bonds is 3. The predicted molar refractivity (Wildman–Crippen MR) is 98.5 cm³/mol. The first kappa shape index (κ1) is 14.8. The van der Waals surface area contributed by atoms with Crippen LogP contribution in [-0.4, -0.2) is 15.4 Å². The summed E-state index contributed by atoms with van der Waals surface area (Å²) in [5.41, 5.74) is 4.68. The molecule has 1 aliphatic carbocycles. The summed E-state index contributed by atoms with van der Waals surface area (Å²) in [4.78, 5) is 6.24. The van der Waals surface area contributed by atoms with E-state index in [2.05, 4.69) is 53.2 Å². The van der Waals surface area contributed by atoms with E-state index in [1.165, 1.54) is 54.1 Å². The summed E-state index contributed by atoms with van der Waals surface area (Å²) < 4.78 is 2.28. The number of nitrogens with one attached hydrogen (secondary N) is 1. The summed E-state index contributed by atoms with van der Waals surface area (Å²) in [6, 6.07) is 9.10. The molecule has 0 atom stereocenters. The quantitative estimate of drug-likeness (QED) is 0.696. The number of hydrogen-bond donors (Lipinski definition) is 1. The minimum atomic E-state index is 0.572. The Balaban J connectivity index is 1.86. The standard InChI is InChI=1S/C19H23N3S/c1-13-11-12-23-18(13)17-19(20-15-8-4-3-5-9-15)22-14(2)7-6-10-16(22)21-17/h6-7,10-12,15,20H,3-5,8-9H2,1-2H3. The van der Waals surface area contributed by atoms with Crippen LogP contribution < -0.4 is 5.32 Å². The molecule has 0 saturated heterocycles. The molecule has 1 fully saturated rings. The van der Waals surface area contributed by atoms with Gasteiger partial charge in [0.1, 0.15) is 17.2 Å². The van der Waals surface area contributed by atoms with Crippen LogP contribution in [0.2, 0.25) is 0 Å². The zero-order valence-electron chi connectivity index (χ0n) is 13.8. The second kappa shape index (κ2) is 6.00. The second-order valence-electron chi connectivity index (χ2n) is 6.58. The van der Waals surface area contributed by atoms with Crippen molar-refractivity contribution in [1.82, 2.24) is 9.38 Å². The molecule has 1 saturated carbocycles. The van der Waals surface area contributed by atoms with Crippen molar-refractivity contribution in [2.45, 2.75) is 52.0 Å². The number of anilines is 1. The fourth-order valence-electron chi connectivity index (χ4n) is 3.60. The van der Waals surface area contributed by atoms with Crippen molar-refractivity contribution < 1.29 is 0 Å². The van der Waals surface area contributed by atoms with Gasteiger partial charge in [0.15, 0.2) is 0 Å². The van der Waals surface area contributed by atoms with Crippen LogP contribution in [0.3, 0.4) is 0 Å². The maximum atomic E-state index is 4.95. The Hall–Kier alpha value is -1.81. The lowest BCUT2D eigenvalue weighted by atomic mass is 9.95. The maximum absolute atomic E-state index is 4.95. The van der Waals surface area contributed by atoms with Crippen LogP contribution in [0.25, 0.3) is 16.2 Å². The highest BCUT2D eigenvalue weighted by atomic mass is 32.1. The van der Waals surface area contributed by atoms with Crippen LogP contribution >= 0.6 is 11.3 Å². The first-order chi connectivity index (χ1) is 11.2. The highest BCUT2D eigenvalue weighted by Crippen LogP contribution is 2.36. The van der Waals surface area contributed by atoms with E-state index >= 15 is 0 Å². The van der Waals surface area contributed by atoms with Gasteiger partial charge in [-0.1, -0.05) is 25.3 Å². The molecule has 1 N–H and O–H groups in total. The zero-order valence-corrected chi connectivity index (χ0v) is 14.6. The van der Waals surface area contributed by atoms with Crippen molar-refractivity contribution in [3.63, 3.8) is 0 Å². The minimum Gasteiger partial charge on any atom is -0.367 e. The van der Waals surface area contributed by atoms with Gasteiger partial charge in [-0.25, -0.2) is 4.98 Å². The Bertz CT molecular complexity index is 824. The molecule has 4 heteroatoms. The lowest BCUT2D eigenvalue weighted by Crippen LogP contribution is -2.23. The minimum absolute atomic E-state index is 0.572. The number of imidazole rings is 1. The molecule has 0 bridgehead atoms. The Morgan fingerprint density at radius 1 is 1.13 bits per heavy atom. The molecule has 0 unspecified atom stereocenters. The highest BCUT2D eigenvalue weighted by Gasteiger charge is 2.21. The molecular formula is C19H23N3S. The zero-order chi connectivity index (χ0) is 15.8. The van der Waals surface area contributed by atoms with Crippen molar-refractivity contribution in [1.29, 1.82) is 0 Å². The van der Waals surface area contributed by atoms with E-state index in [9.17, 15) is 0 Å². The lowest BCUT2D eigenvalue weighted by Gasteiger charge is -2.24. The molecular weight excluding hydrogens is 302 g/mol. The van der Waals surface area contributed by atoms with E-state index in [-0.39, 0.29) is 0 Å². The Labute approximate surface area is 141 Å². The van der Waals surface area contributed by atoms with E-state index in [1.54, 1.807) is 11.3 Å². The first-order valence-corrected chi connectivity index (χ1v) is 9.41. The van der Waals surface area contributed by atoms with Crippen LogP contribution in [0.5, 0.6) is 0 Å². The molecule has 23 heavy (non-hydrogen) atoms. The molecule has 1 aliphatic rings.